The number of benzene rings is 2. The summed E-state index contributed by atoms with van der Waals surface area (Å²) in [5.41, 5.74) is 3.06. The van der Waals surface area contributed by atoms with E-state index in [1.165, 1.54) is 0 Å². The van der Waals surface area contributed by atoms with Gasteiger partial charge in [-0.1, -0.05) is 19.1 Å². The molecule has 0 aliphatic heterocycles. The van der Waals surface area contributed by atoms with Crippen LogP contribution in [0.3, 0.4) is 0 Å². The van der Waals surface area contributed by atoms with E-state index in [4.69, 9.17) is 9.47 Å². The maximum atomic E-state index is 12.2. The van der Waals surface area contributed by atoms with E-state index in [-0.39, 0.29) is 18.5 Å². The van der Waals surface area contributed by atoms with Gasteiger partial charge in [-0.05, 0) is 61.2 Å². The van der Waals surface area contributed by atoms with Gasteiger partial charge in [0.05, 0.1) is 6.61 Å². The molecule has 2 aromatic carbocycles. The van der Waals surface area contributed by atoms with Gasteiger partial charge in [-0.25, -0.2) is 4.79 Å². The minimum Gasteiger partial charge on any atom is -0.494 e. The summed E-state index contributed by atoms with van der Waals surface area (Å²) in [6, 6.07) is 13.1. The molecule has 0 bridgehead atoms. The Labute approximate surface area is 194 Å². The standard InChI is InChI=1S/C25H32N4O4/c1-3-12-32-21-8-9-23-22(14-21)19(16-28-23)10-11-27-25(31)29-15-18-6-5-7-20(13-18)33-17-24(30)26-4-2/h5-9,13-14,16,28H,3-4,10-12,15,17H2,1-2H3,(H,26,30)(H2,27,29,31). The number of hydrogen-bond donors (Lipinski definition) is 4. The molecule has 0 radical (unpaired) electrons. The topological polar surface area (TPSA) is 104 Å². The zero-order valence-corrected chi connectivity index (χ0v) is 19.2. The summed E-state index contributed by atoms with van der Waals surface area (Å²) >= 11 is 0. The average molecular weight is 453 g/mol. The Morgan fingerprint density at radius 2 is 1.82 bits per heavy atom. The van der Waals surface area contributed by atoms with Crippen molar-refractivity contribution >= 4 is 22.8 Å². The zero-order valence-electron chi connectivity index (χ0n) is 19.2. The lowest BCUT2D eigenvalue weighted by Crippen LogP contribution is -2.36. The first-order valence-corrected chi connectivity index (χ1v) is 11.3. The molecule has 4 N–H and O–H groups in total. The lowest BCUT2D eigenvalue weighted by Gasteiger charge is -2.10. The summed E-state index contributed by atoms with van der Waals surface area (Å²) in [7, 11) is 0. The number of nitrogens with one attached hydrogen (secondary N) is 4. The van der Waals surface area contributed by atoms with E-state index >= 15 is 0 Å². The van der Waals surface area contributed by atoms with E-state index in [2.05, 4.69) is 27.9 Å². The van der Waals surface area contributed by atoms with Crippen LogP contribution in [0.15, 0.2) is 48.7 Å². The number of carbonyl (C=O) groups excluding carboxylic acids is 2. The Balaban J connectivity index is 1.44. The van der Waals surface area contributed by atoms with Crippen LogP contribution in [0, 0.1) is 0 Å². The van der Waals surface area contributed by atoms with Crippen LogP contribution in [-0.2, 0) is 17.8 Å². The molecule has 0 fully saturated rings. The SMILES string of the molecule is CCCOc1ccc2[nH]cc(CCNC(=O)NCc3cccc(OCC(=O)NCC)c3)c2c1. The van der Waals surface area contributed by atoms with Crippen molar-refractivity contribution in [3.63, 3.8) is 0 Å². The van der Waals surface area contributed by atoms with Crippen LogP contribution in [0.2, 0.25) is 0 Å². The molecule has 3 rings (SSSR count). The van der Waals surface area contributed by atoms with E-state index in [1.54, 1.807) is 6.07 Å². The monoisotopic (exact) mass is 452 g/mol. The van der Waals surface area contributed by atoms with E-state index in [0.29, 0.717) is 38.4 Å². The van der Waals surface area contributed by atoms with Crippen molar-refractivity contribution in [3.05, 3.63) is 59.8 Å². The van der Waals surface area contributed by atoms with Gasteiger partial charge < -0.3 is 30.4 Å². The number of urea groups is 1. The van der Waals surface area contributed by atoms with Gasteiger partial charge in [0.15, 0.2) is 6.61 Å². The van der Waals surface area contributed by atoms with Gasteiger partial charge in [-0.3, -0.25) is 4.79 Å². The Kier molecular flexibility index (Phi) is 8.99. The van der Waals surface area contributed by atoms with Crippen molar-refractivity contribution in [3.8, 4) is 11.5 Å². The number of likely N-dealkylation sites (N-methyl/N-ethyl adjacent to an activating group) is 1. The molecule has 1 heterocycles. The predicted octanol–water partition coefficient (Wildman–Crippen LogP) is 3.51. The summed E-state index contributed by atoms with van der Waals surface area (Å²) in [4.78, 5) is 27.0. The molecule has 0 spiro atoms. The lowest BCUT2D eigenvalue weighted by atomic mass is 10.1. The molecular weight excluding hydrogens is 420 g/mol. The van der Waals surface area contributed by atoms with Crippen LogP contribution >= 0.6 is 0 Å². The highest BCUT2D eigenvalue weighted by atomic mass is 16.5. The van der Waals surface area contributed by atoms with Crippen LogP contribution in [0.1, 0.15) is 31.4 Å². The highest BCUT2D eigenvalue weighted by molar-refractivity contribution is 5.84. The third-order valence-corrected chi connectivity index (χ3v) is 4.99. The second kappa shape index (κ2) is 12.4. The predicted molar refractivity (Wildman–Crippen MR) is 129 cm³/mol. The van der Waals surface area contributed by atoms with Gasteiger partial charge in [-0.15, -0.1) is 0 Å². The van der Waals surface area contributed by atoms with Gasteiger partial charge in [-0.2, -0.15) is 0 Å². The Morgan fingerprint density at radius 3 is 2.64 bits per heavy atom. The third kappa shape index (κ3) is 7.45. The maximum absolute atomic E-state index is 12.2. The second-order valence-corrected chi connectivity index (χ2v) is 7.62. The molecule has 3 amide bonds. The Morgan fingerprint density at radius 1 is 0.970 bits per heavy atom. The highest BCUT2D eigenvalue weighted by Crippen LogP contribution is 2.24. The molecule has 8 heteroatoms. The Bertz CT molecular complexity index is 1060. The van der Waals surface area contributed by atoms with Crippen molar-refractivity contribution in [2.45, 2.75) is 33.2 Å². The summed E-state index contributed by atoms with van der Waals surface area (Å²) < 4.78 is 11.2. The minimum atomic E-state index is -0.240. The number of hydrogen-bond acceptors (Lipinski definition) is 4. The Hall–Kier alpha value is -3.68. The fraction of sp³-hybridized carbons (Fsp3) is 0.360. The van der Waals surface area contributed by atoms with Gasteiger partial charge in [0.2, 0.25) is 0 Å². The molecule has 0 saturated heterocycles. The molecule has 0 saturated carbocycles. The van der Waals surface area contributed by atoms with Crippen LogP contribution in [0.4, 0.5) is 4.79 Å². The number of fused-ring (bicyclic) bond motifs is 1. The van der Waals surface area contributed by atoms with Crippen LogP contribution in [-0.4, -0.2) is 43.2 Å². The zero-order chi connectivity index (χ0) is 23.5. The molecule has 8 nitrogen and oxygen atoms in total. The van der Waals surface area contributed by atoms with E-state index < -0.39 is 0 Å². The van der Waals surface area contributed by atoms with Crippen molar-refractivity contribution in [1.82, 2.24) is 20.9 Å². The number of rotatable bonds is 12. The number of aromatic nitrogens is 1. The lowest BCUT2D eigenvalue weighted by molar-refractivity contribution is -0.122. The minimum absolute atomic E-state index is 0.0364. The van der Waals surface area contributed by atoms with Gasteiger partial charge >= 0.3 is 6.03 Å². The number of carbonyl (C=O) groups is 2. The molecule has 3 aromatic rings. The maximum Gasteiger partial charge on any atom is 0.315 e. The number of aromatic amines is 1. The van der Waals surface area contributed by atoms with Crippen molar-refractivity contribution in [2.75, 3.05) is 26.3 Å². The quantitative estimate of drug-likeness (QED) is 0.338. The van der Waals surface area contributed by atoms with E-state index in [0.717, 1.165) is 34.2 Å². The first-order chi connectivity index (χ1) is 16.1. The number of amides is 3. The van der Waals surface area contributed by atoms with Gasteiger partial charge in [0.25, 0.3) is 5.91 Å². The average Bonchev–Trinajstić information content (AvgIpc) is 3.23. The number of ether oxygens (including phenoxy) is 2. The van der Waals surface area contributed by atoms with Gasteiger partial charge in [0.1, 0.15) is 11.5 Å². The molecule has 176 valence electrons. The fourth-order valence-corrected chi connectivity index (χ4v) is 3.37. The normalized spacial score (nSPS) is 10.6. The van der Waals surface area contributed by atoms with Crippen LogP contribution < -0.4 is 25.4 Å². The van der Waals surface area contributed by atoms with Crippen molar-refractivity contribution < 1.29 is 19.1 Å². The van der Waals surface area contributed by atoms with E-state index in [1.807, 2.05) is 49.5 Å². The van der Waals surface area contributed by atoms with Gasteiger partial charge in [0, 0.05) is 36.7 Å². The largest absolute Gasteiger partial charge is 0.494 e. The molecular formula is C25H32N4O4. The summed E-state index contributed by atoms with van der Waals surface area (Å²) in [5, 5.41) is 9.53. The second-order valence-electron chi connectivity index (χ2n) is 7.62. The number of H-pyrrole nitrogens is 1. The molecule has 0 aliphatic rings. The van der Waals surface area contributed by atoms with Crippen LogP contribution in [0.5, 0.6) is 11.5 Å². The molecule has 0 atom stereocenters. The summed E-state index contributed by atoms with van der Waals surface area (Å²) in [6.07, 6.45) is 3.64. The highest BCUT2D eigenvalue weighted by Gasteiger charge is 2.07. The van der Waals surface area contributed by atoms with Crippen molar-refractivity contribution in [2.24, 2.45) is 0 Å². The first kappa shape index (κ1) is 24.0. The molecule has 0 unspecified atom stereocenters. The van der Waals surface area contributed by atoms with Crippen LogP contribution in [0.25, 0.3) is 10.9 Å². The van der Waals surface area contributed by atoms with E-state index in [9.17, 15) is 9.59 Å². The molecule has 33 heavy (non-hydrogen) atoms. The third-order valence-electron chi connectivity index (χ3n) is 4.99. The fourth-order valence-electron chi connectivity index (χ4n) is 3.37. The summed E-state index contributed by atoms with van der Waals surface area (Å²) in [5.74, 6) is 1.27. The molecule has 0 aliphatic carbocycles. The van der Waals surface area contributed by atoms with Crippen molar-refractivity contribution in [1.29, 1.82) is 0 Å². The smallest absolute Gasteiger partial charge is 0.315 e. The summed E-state index contributed by atoms with van der Waals surface area (Å²) in [6.45, 7) is 6.02. The first-order valence-electron chi connectivity index (χ1n) is 11.3. The molecule has 1 aromatic heterocycles.